The van der Waals surface area contributed by atoms with Crippen molar-refractivity contribution in [3.8, 4) is 16.9 Å². The Bertz CT molecular complexity index is 1550. The lowest BCUT2D eigenvalue weighted by Gasteiger charge is -2.31. The van der Waals surface area contributed by atoms with Crippen molar-refractivity contribution in [3.05, 3.63) is 71.9 Å². The number of carboxylic acids is 1. The number of aromatic nitrogens is 5. The van der Waals surface area contributed by atoms with Crippen LogP contribution in [0.25, 0.3) is 16.9 Å². The first kappa shape index (κ1) is 30.3. The summed E-state index contributed by atoms with van der Waals surface area (Å²) in [5.41, 5.74) is 2.51. The number of carbonyl (C=O) groups is 1. The molecule has 1 aliphatic rings. The Hall–Kier alpha value is -4.66. The average Bonchev–Trinajstić information content (AvgIpc) is 3.27. The molecular formula is C27H26F5N7O3. The van der Waals surface area contributed by atoms with Crippen LogP contribution in [0.3, 0.4) is 0 Å². The lowest BCUT2D eigenvalue weighted by atomic mass is 10.1. The first-order valence-corrected chi connectivity index (χ1v) is 12.6. The van der Waals surface area contributed by atoms with Gasteiger partial charge in [-0.05, 0) is 69.2 Å². The van der Waals surface area contributed by atoms with Crippen molar-refractivity contribution in [2.45, 2.75) is 39.0 Å². The van der Waals surface area contributed by atoms with E-state index in [1.54, 1.807) is 10.7 Å². The van der Waals surface area contributed by atoms with Gasteiger partial charge in [0.25, 0.3) is 0 Å². The summed E-state index contributed by atoms with van der Waals surface area (Å²) in [5.74, 6) is -2.22. The van der Waals surface area contributed by atoms with Crippen LogP contribution in [0.5, 0.6) is 0 Å². The monoisotopic (exact) mass is 591 g/mol. The average molecular weight is 592 g/mol. The van der Waals surface area contributed by atoms with Gasteiger partial charge in [0.15, 0.2) is 5.82 Å². The second kappa shape index (κ2) is 12.5. The third-order valence-electron chi connectivity index (χ3n) is 6.22. The second-order valence-corrected chi connectivity index (χ2v) is 9.40. The van der Waals surface area contributed by atoms with E-state index < -0.39 is 23.8 Å². The maximum absolute atomic E-state index is 14.7. The van der Waals surface area contributed by atoms with Crippen molar-refractivity contribution in [1.29, 1.82) is 0 Å². The molecule has 3 N–H and O–H groups in total. The molecule has 42 heavy (non-hydrogen) atoms. The van der Waals surface area contributed by atoms with Gasteiger partial charge >= 0.3 is 12.1 Å². The van der Waals surface area contributed by atoms with Crippen molar-refractivity contribution in [2.24, 2.45) is 0 Å². The molecule has 1 aliphatic heterocycles. The summed E-state index contributed by atoms with van der Waals surface area (Å²) in [7, 11) is 0. The van der Waals surface area contributed by atoms with Gasteiger partial charge in [0, 0.05) is 30.0 Å². The fourth-order valence-electron chi connectivity index (χ4n) is 4.23. The van der Waals surface area contributed by atoms with E-state index in [0.29, 0.717) is 48.7 Å². The van der Waals surface area contributed by atoms with E-state index in [9.17, 15) is 27.1 Å². The van der Waals surface area contributed by atoms with E-state index in [-0.39, 0.29) is 17.7 Å². The van der Waals surface area contributed by atoms with Gasteiger partial charge in [-0.2, -0.15) is 18.3 Å². The molecule has 0 atom stereocenters. The van der Waals surface area contributed by atoms with Gasteiger partial charge in [0.2, 0.25) is 5.95 Å². The molecule has 0 unspecified atom stereocenters. The van der Waals surface area contributed by atoms with Crippen molar-refractivity contribution < 1.29 is 37.0 Å². The minimum atomic E-state index is -5.08. The number of carboxylic acid groups (broad SMARTS) is 1. The van der Waals surface area contributed by atoms with E-state index >= 15 is 0 Å². The Morgan fingerprint density at radius 3 is 2.21 bits per heavy atom. The number of aliphatic carboxylic acids is 1. The zero-order valence-electron chi connectivity index (χ0n) is 22.4. The number of benzene rings is 2. The number of halogens is 5. The molecule has 1 saturated heterocycles. The molecule has 0 aliphatic carbocycles. The van der Waals surface area contributed by atoms with Crippen LogP contribution in [-0.2, 0) is 4.79 Å². The Labute approximate surface area is 236 Å². The van der Waals surface area contributed by atoms with Crippen LogP contribution in [0.2, 0.25) is 0 Å². The van der Waals surface area contributed by atoms with Crippen LogP contribution in [0.4, 0.5) is 39.3 Å². The van der Waals surface area contributed by atoms with Crippen LogP contribution in [0.1, 0.15) is 24.5 Å². The Kier molecular flexibility index (Phi) is 8.99. The molecule has 0 bridgehead atoms. The predicted octanol–water partition coefficient (Wildman–Crippen LogP) is 4.96. The number of hydrogen-bond donors (Lipinski definition) is 3. The van der Waals surface area contributed by atoms with Gasteiger partial charge in [-0.3, -0.25) is 0 Å². The third kappa shape index (κ3) is 7.54. The van der Waals surface area contributed by atoms with Crippen molar-refractivity contribution in [3.63, 3.8) is 0 Å². The van der Waals surface area contributed by atoms with Crippen molar-refractivity contribution in [1.82, 2.24) is 24.7 Å². The van der Waals surface area contributed by atoms with E-state index in [2.05, 4.69) is 25.4 Å². The first-order chi connectivity index (χ1) is 19.8. The molecule has 1 fully saturated rings. The zero-order valence-corrected chi connectivity index (χ0v) is 22.4. The highest BCUT2D eigenvalue weighted by Crippen LogP contribution is 2.30. The van der Waals surface area contributed by atoms with Crippen molar-refractivity contribution >= 4 is 23.3 Å². The minimum Gasteiger partial charge on any atom is -0.475 e. The minimum absolute atomic E-state index is 0.00521. The Morgan fingerprint density at radius 1 is 1.00 bits per heavy atom. The quantitative estimate of drug-likeness (QED) is 0.276. The summed E-state index contributed by atoms with van der Waals surface area (Å²) in [6, 6.07) is 11.8. The fraction of sp³-hybridized carbons (Fsp3) is 0.296. The van der Waals surface area contributed by atoms with E-state index in [4.69, 9.17) is 9.90 Å². The first-order valence-electron chi connectivity index (χ1n) is 12.6. The molecule has 0 spiro atoms. The van der Waals surface area contributed by atoms with Gasteiger partial charge in [-0.25, -0.2) is 33.2 Å². The predicted molar refractivity (Wildman–Crippen MR) is 143 cm³/mol. The standard InChI is InChI=1S/C25H25F2N7O.C2HF3O2/c1-15-29-16(2)34(32-15)20-5-3-19(4-6-20)30-25-28-14-23(27)24(31-25)17-11-18(26)13-21(12-17)33-9-7-22(35)8-10-33;3-2(4,5)1(6)7/h3-6,11-14,22,35H,7-10H2,1-2H3,(H,28,30,31);(H,6,7). The molecule has 5 rings (SSSR count). The number of aryl methyl sites for hydroxylation is 2. The number of rotatable bonds is 5. The lowest BCUT2D eigenvalue weighted by molar-refractivity contribution is -0.192. The van der Waals surface area contributed by atoms with Gasteiger partial charge in [0.05, 0.1) is 18.0 Å². The fourth-order valence-corrected chi connectivity index (χ4v) is 4.23. The van der Waals surface area contributed by atoms with Gasteiger partial charge in [-0.15, -0.1) is 0 Å². The van der Waals surface area contributed by atoms with Gasteiger partial charge in [-0.1, -0.05) is 0 Å². The highest BCUT2D eigenvalue weighted by molar-refractivity contribution is 5.73. The van der Waals surface area contributed by atoms with Crippen LogP contribution >= 0.6 is 0 Å². The maximum Gasteiger partial charge on any atom is 0.490 e. The topological polar surface area (TPSA) is 129 Å². The smallest absolute Gasteiger partial charge is 0.475 e. The number of alkyl halides is 3. The molecule has 4 aromatic rings. The number of aliphatic hydroxyl groups excluding tert-OH is 1. The number of piperidine rings is 1. The Balaban J connectivity index is 0.000000517. The molecular weight excluding hydrogens is 565 g/mol. The van der Waals surface area contributed by atoms with Gasteiger partial charge < -0.3 is 20.4 Å². The molecule has 3 heterocycles. The molecule has 2 aromatic heterocycles. The molecule has 2 aromatic carbocycles. The summed E-state index contributed by atoms with van der Waals surface area (Å²) in [5, 5.41) is 24.3. The SMILES string of the molecule is Cc1nc(C)n(-c2ccc(Nc3ncc(F)c(-c4cc(F)cc(N5CCC(O)CC5)c4)n3)cc2)n1.O=C(O)C(F)(F)F. The van der Waals surface area contributed by atoms with E-state index in [0.717, 1.165) is 17.7 Å². The van der Waals surface area contributed by atoms with E-state index in [1.165, 1.54) is 12.1 Å². The summed E-state index contributed by atoms with van der Waals surface area (Å²) in [6.45, 7) is 4.92. The number of aliphatic hydroxyl groups is 1. The highest BCUT2D eigenvalue weighted by atomic mass is 19.4. The number of nitrogens with zero attached hydrogens (tertiary/aromatic N) is 6. The molecule has 0 radical (unpaired) electrons. The highest BCUT2D eigenvalue weighted by Gasteiger charge is 2.38. The molecule has 0 saturated carbocycles. The number of anilines is 3. The lowest BCUT2D eigenvalue weighted by Crippen LogP contribution is -2.35. The molecule has 10 nitrogen and oxygen atoms in total. The van der Waals surface area contributed by atoms with Crippen molar-refractivity contribution in [2.75, 3.05) is 23.3 Å². The van der Waals surface area contributed by atoms with Gasteiger partial charge in [0.1, 0.15) is 23.2 Å². The zero-order chi connectivity index (χ0) is 30.6. The molecule has 0 amide bonds. The summed E-state index contributed by atoms with van der Waals surface area (Å²) in [4.78, 5) is 23.6. The van der Waals surface area contributed by atoms with Crippen LogP contribution in [-0.4, -0.2) is 66.3 Å². The second-order valence-electron chi connectivity index (χ2n) is 9.40. The molecule has 222 valence electrons. The van der Waals surface area contributed by atoms with Crippen LogP contribution < -0.4 is 10.2 Å². The van der Waals surface area contributed by atoms with E-state index in [1.807, 2.05) is 43.0 Å². The maximum atomic E-state index is 14.7. The Morgan fingerprint density at radius 2 is 1.64 bits per heavy atom. The third-order valence-corrected chi connectivity index (χ3v) is 6.22. The summed E-state index contributed by atoms with van der Waals surface area (Å²) >= 11 is 0. The van der Waals surface area contributed by atoms with Crippen LogP contribution in [0, 0.1) is 25.5 Å². The number of hydrogen-bond acceptors (Lipinski definition) is 8. The summed E-state index contributed by atoms with van der Waals surface area (Å²) < 4.78 is 62.6. The summed E-state index contributed by atoms with van der Waals surface area (Å²) in [6.07, 6.45) is -3.14. The normalized spacial score (nSPS) is 13.9. The largest absolute Gasteiger partial charge is 0.490 e. The van der Waals surface area contributed by atoms with Crippen LogP contribution in [0.15, 0.2) is 48.7 Å². The molecule has 15 heteroatoms. The number of nitrogens with one attached hydrogen (secondary N) is 1.